The number of rotatable bonds is 5. The van der Waals surface area contributed by atoms with Gasteiger partial charge in [-0.2, -0.15) is 0 Å². The van der Waals surface area contributed by atoms with Gasteiger partial charge in [0.15, 0.2) is 11.6 Å². The third-order valence-electron chi connectivity index (χ3n) is 6.07. The van der Waals surface area contributed by atoms with Crippen LogP contribution in [-0.4, -0.2) is 53.6 Å². The highest BCUT2D eigenvalue weighted by Crippen LogP contribution is 2.47. The summed E-state index contributed by atoms with van der Waals surface area (Å²) in [5.41, 5.74) is -1.12. The highest BCUT2D eigenvalue weighted by atomic mass is 32.1. The topological polar surface area (TPSA) is 96.5 Å². The number of hydrogen-bond donors (Lipinski definition) is 2. The maximum absolute atomic E-state index is 15.5. The van der Waals surface area contributed by atoms with E-state index in [1.165, 1.54) is 17.9 Å². The fourth-order valence-electron chi connectivity index (χ4n) is 4.75. The minimum Gasteiger partial charge on any atom is -0.375 e. The summed E-state index contributed by atoms with van der Waals surface area (Å²) in [6, 6.07) is 0.609. The Morgan fingerprint density at radius 3 is 2.63 bits per heavy atom. The molecule has 4 atom stereocenters. The number of amides is 1. The minimum absolute atomic E-state index is 0.0409. The Kier molecular flexibility index (Phi) is 8.22. The van der Waals surface area contributed by atoms with Crippen LogP contribution >= 0.6 is 11.5 Å². The monoisotopic (exact) mass is 507 g/mol. The lowest BCUT2D eigenvalue weighted by Gasteiger charge is -2.54. The van der Waals surface area contributed by atoms with Gasteiger partial charge in [0.05, 0.1) is 29.8 Å². The average molecular weight is 508 g/mol. The standard InChI is InChI=1S/C21H23F2N5O3S.C3H8/c1-10-7-28-18-13(5-14(16(22)17(18)23)15-8-32-27-26-15)6-21(9-29,19(28)11(2)31-10)20(30)25-12(3)24-4;1-3-2/h5,8-11,19,24H,3,6-7H2,1-2,4H3,(H,25,30);3H2,1-2H3/t10?,11-,19+,21?;/m1./s1. The molecule has 2 aromatic rings. The molecule has 0 saturated carbocycles. The lowest BCUT2D eigenvalue weighted by atomic mass is 9.68. The number of carbonyl (C=O) groups is 2. The van der Waals surface area contributed by atoms with Gasteiger partial charge in [-0.05, 0) is 43.4 Å². The van der Waals surface area contributed by atoms with E-state index in [2.05, 4.69) is 40.6 Å². The largest absolute Gasteiger partial charge is 0.375 e. The van der Waals surface area contributed by atoms with E-state index in [4.69, 9.17) is 4.74 Å². The Hall–Kier alpha value is -2.92. The van der Waals surface area contributed by atoms with E-state index in [-0.39, 0.29) is 41.8 Å². The SMILES string of the molecule is C=C(NC)NC(=O)C1(C=O)Cc2cc(-c3csnn3)c(F)c(F)c2N2CC(C)O[C@H](C)[C@H]21.CCC. The van der Waals surface area contributed by atoms with Gasteiger partial charge in [0.1, 0.15) is 17.4 Å². The lowest BCUT2D eigenvalue weighted by molar-refractivity contribution is -0.144. The maximum atomic E-state index is 15.5. The molecule has 4 rings (SSSR count). The Balaban J connectivity index is 0.00000108. The first-order chi connectivity index (χ1) is 16.6. The molecule has 8 nitrogen and oxygen atoms in total. The zero-order chi connectivity index (χ0) is 25.9. The lowest BCUT2D eigenvalue weighted by Crippen LogP contribution is -2.68. The summed E-state index contributed by atoms with van der Waals surface area (Å²) in [5.74, 6) is -2.48. The molecule has 11 heteroatoms. The van der Waals surface area contributed by atoms with Crippen LogP contribution in [-0.2, 0) is 20.7 Å². The van der Waals surface area contributed by atoms with Crippen LogP contribution in [0.15, 0.2) is 23.8 Å². The number of aromatic nitrogens is 2. The number of aldehydes is 1. The smallest absolute Gasteiger partial charge is 0.241 e. The summed E-state index contributed by atoms with van der Waals surface area (Å²) >= 11 is 1.01. The number of nitrogens with zero attached hydrogens (tertiary/aromatic N) is 3. The van der Waals surface area contributed by atoms with Crippen LogP contribution in [0.3, 0.4) is 0 Å². The van der Waals surface area contributed by atoms with E-state index < -0.39 is 35.1 Å². The van der Waals surface area contributed by atoms with Gasteiger partial charge in [-0.15, -0.1) is 5.10 Å². The molecule has 2 aliphatic heterocycles. The van der Waals surface area contributed by atoms with Gasteiger partial charge in [0.2, 0.25) is 5.91 Å². The molecule has 2 unspecified atom stereocenters. The zero-order valence-corrected chi connectivity index (χ0v) is 21.3. The first kappa shape index (κ1) is 26.7. The van der Waals surface area contributed by atoms with Crippen LogP contribution in [0.2, 0.25) is 0 Å². The number of nitrogens with one attached hydrogen (secondary N) is 2. The van der Waals surface area contributed by atoms with E-state index in [1.807, 2.05) is 0 Å². The van der Waals surface area contributed by atoms with Gasteiger partial charge in [-0.3, -0.25) is 4.79 Å². The van der Waals surface area contributed by atoms with Crippen molar-refractivity contribution in [1.29, 1.82) is 0 Å². The second kappa shape index (κ2) is 10.8. The molecule has 35 heavy (non-hydrogen) atoms. The van der Waals surface area contributed by atoms with Gasteiger partial charge in [-0.25, -0.2) is 8.78 Å². The van der Waals surface area contributed by atoms with Crippen LogP contribution in [0.1, 0.15) is 39.7 Å². The van der Waals surface area contributed by atoms with Crippen LogP contribution in [0, 0.1) is 17.0 Å². The number of carbonyl (C=O) groups excluding carboxylic acids is 2. The van der Waals surface area contributed by atoms with Crippen molar-refractivity contribution in [2.24, 2.45) is 5.41 Å². The summed E-state index contributed by atoms with van der Waals surface area (Å²) in [5, 5.41) is 10.7. The third-order valence-corrected chi connectivity index (χ3v) is 6.58. The summed E-state index contributed by atoms with van der Waals surface area (Å²) < 4.78 is 40.2. The third kappa shape index (κ3) is 4.79. The second-order valence-corrected chi connectivity index (χ2v) is 9.43. The van der Waals surface area contributed by atoms with Crippen molar-refractivity contribution in [3.63, 3.8) is 0 Å². The molecule has 1 fully saturated rings. The predicted octanol–water partition coefficient (Wildman–Crippen LogP) is 3.43. The number of morpholine rings is 1. The zero-order valence-electron chi connectivity index (χ0n) is 20.5. The number of halogens is 2. The average Bonchev–Trinajstić information content (AvgIpc) is 3.35. The Morgan fingerprint density at radius 1 is 1.37 bits per heavy atom. The Labute approximate surface area is 207 Å². The van der Waals surface area contributed by atoms with E-state index in [0.29, 0.717) is 11.8 Å². The molecule has 0 aliphatic carbocycles. The van der Waals surface area contributed by atoms with Crippen LogP contribution < -0.4 is 15.5 Å². The van der Waals surface area contributed by atoms with Crippen LogP contribution in [0.25, 0.3) is 11.3 Å². The molecule has 2 aliphatic rings. The van der Waals surface area contributed by atoms with Crippen molar-refractivity contribution in [2.45, 2.75) is 58.8 Å². The van der Waals surface area contributed by atoms with E-state index in [9.17, 15) is 9.59 Å². The quantitative estimate of drug-likeness (QED) is 0.473. The number of hydrogen-bond acceptors (Lipinski definition) is 8. The fourth-order valence-corrected chi connectivity index (χ4v) is 5.21. The molecule has 3 heterocycles. The molecular weight excluding hydrogens is 476 g/mol. The molecule has 1 saturated heterocycles. The molecule has 1 amide bonds. The van der Waals surface area contributed by atoms with Gasteiger partial charge < -0.3 is 25.1 Å². The fraction of sp³-hybridized carbons (Fsp3) is 0.500. The van der Waals surface area contributed by atoms with Crippen molar-refractivity contribution in [3.05, 3.63) is 41.0 Å². The van der Waals surface area contributed by atoms with Crippen molar-refractivity contribution in [2.75, 3.05) is 18.5 Å². The highest BCUT2D eigenvalue weighted by molar-refractivity contribution is 7.03. The van der Waals surface area contributed by atoms with Gasteiger partial charge in [-0.1, -0.05) is 31.3 Å². The summed E-state index contributed by atoms with van der Waals surface area (Å²) in [6.07, 6.45) is 0.763. The number of anilines is 1. The minimum atomic E-state index is -1.62. The number of benzene rings is 1. The van der Waals surface area contributed by atoms with E-state index >= 15 is 8.78 Å². The second-order valence-electron chi connectivity index (χ2n) is 8.82. The molecular formula is C24H31F2N5O3S. The summed E-state index contributed by atoms with van der Waals surface area (Å²) in [6.45, 7) is 11.7. The molecule has 0 bridgehead atoms. The van der Waals surface area contributed by atoms with Crippen molar-refractivity contribution in [3.8, 4) is 11.3 Å². The molecule has 0 radical (unpaired) electrons. The molecule has 1 aromatic heterocycles. The Bertz CT molecular complexity index is 1100. The van der Waals surface area contributed by atoms with Gasteiger partial charge >= 0.3 is 0 Å². The molecule has 1 aromatic carbocycles. The number of ether oxygens (including phenoxy) is 1. The first-order valence-electron chi connectivity index (χ1n) is 11.5. The Morgan fingerprint density at radius 2 is 2.06 bits per heavy atom. The summed E-state index contributed by atoms with van der Waals surface area (Å²) in [7, 11) is 1.58. The maximum Gasteiger partial charge on any atom is 0.241 e. The molecule has 0 spiro atoms. The van der Waals surface area contributed by atoms with Crippen LogP contribution in [0.4, 0.5) is 14.5 Å². The van der Waals surface area contributed by atoms with Crippen molar-refractivity contribution in [1.82, 2.24) is 20.2 Å². The van der Waals surface area contributed by atoms with Gasteiger partial charge in [0.25, 0.3) is 0 Å². The molecule has 2 N–H and O–H groups in total. The van der Waals surface area contributed by atoms with Crippen LogP contribution in [0.5, 0.6) is 0 Å². The van der Waals surface area contributed by atoms with Crippen molar-refractivity contribution < 1.29 is 23.1 Å². The van der Waals surface area contributed by atoms with E-state index in [1.54, 1.807) is 25.8 Å². The highest BCUT2D eigenvalue weighted by Gasteiger charge is 2.57. The van der Waals surface area contributed by atoms with Gasteiger partial charge in [0, 0.05) is 24.5 Å². The predicted molar refractivity (Wildman–Crippen MR) is 131 cm³/mol. The molecule has 190 valence electrons. The summed E-state index contributed by atoms with van der Waals surface area (Å²) in [4.78, 5) is 27.5. The first-order valence-corrected chi connectivity index (χ1v) is 12.3. The van der Waals surface area contributed by atoms with Crippen molar-refractivity contribution >= 4 is 29.4 Å². The van der Waals surface area contributed by atoms with E-state index in [0.717, 1.165) is 11.5 Å². The number of fused-ring (bicyclic) bond motifs is 3. The normalized spacial score (nSPS) is 24.9.